The minimum Gasteiger partial charge on any atom is -0.378 e. The van der Waals surface area contributed by atoms with Crippen molar-refractivity contribution in [2.75, 3.05) is 23.9 Å². The van der Waals surface area contributed by atoms with Gasteiger partial charge in [-0.2, -0.15) is 0 Å². The summed E-state index contributed by atoms with van der Waals surface area (Å²) < 4.78 is 0. The molecule has 0 unspecified atom stereocenters. The van der Waals surface area contributed by atoms with Gasteiger partial charge in [0.15, 0.2) is 0 Å². The molecule has 0 saturated carbocycles. The number of pyridine rings is 1. The number of amides is 2. The molecule has 6 heteroatoms. The van der Waals surface area contributed by atoms with Gasteiger partial charge in [0.1, 0.15) is 0 Å². The fourth-order valence-electron chi connectivity index (χ4n) is 3.81. The fraction of sp³-hybridized carbons (Fsp3) is 0.240. The van der Waals surface area contributed by atoms with Crippen molar-refractivity contribution in [1.82, 2.24) is 10.3 Å². The fourth-order valence-corrected chi connectivity index (χ4v) is 3.81. The van der Waals surface area contributed by atoms with E-state index in [0.29, 0.717) is 17.8 Å². The first-order chi connectivity index (χ1) is 14.9. The number of fused-ring (bicyclic) bond motifs is 1. The predicted molar refractivity (Wildman–Crippen MR) is 122 cm³/mol. The van der Waals surface area contributed by atoms with Crippen molar-refractivity contribution in [2.24, 2.45) is 0 Å². The van der Waals surface area contributed by atoms with Gasteiger partial charge in [-0.1, -0.05) is 29.8 Å². The SMILES string of the molecule is Cc1ccc(N2C(=O)c3cccnc3[C@H]2CC(=O)NCc2ccc(N(C)C)cc2)cc1. The van der Waals surface area contributed by atoms with Crippen LogP contribution < -0.4 is 15.1 Å². The highest BCUT2D eigenvalue weighted by Crippen LogP contribution is 2.38. The number of aromatic nitrogens is 1. The van der Waals surface area contributed by atoms with Crippen LogP contribution in [0.25, 0.3) is 0 Å². The third kappa shape index (κ3) is 4.28. The number of hydrogen-bond acceptors (Lipinski definition) is 4. The van der Waals surface area contributed by atoms with E-state index < -0.39 is 6.04 Å². The lowest BCUT2D eigenvalue weighted by Gasteiger charge is -2.25. The summed E-state index contributed by atoms with van der Waals surface area (Å²) in [7, 11) is 3.98. The summed E-state index contributed by atoms with van der Waals surface area (Å²) in [6.07, 6.45) is 1.82. The summed E-state index contributed by atoms with van der Waals surface area (Å²) in [6.45, 7) is 2.44. The highest BCUT2D eigenvalue weighted by Gasteiger charge is 2.39. The second kappa shape index (κ2) is 8.60. The molecule has 0 aliphatic carbocycles. The first kappa shape index (κ1) is 20.6. The average molecular weight is 415 g/mol. The zero-order valence-electron chi connectivity index (χ0n) is 18.0. The maximum atomic E-state index is 13.1. The second-order valence-electron chi connectivity index (χ2n) is 8.00. The highest BCUT2D eigenvalue weighted by atomic mass is 16.2. The van der Waals surface area contributed by atoms with Gasteiger partial charge in [-0.15, -0.1) is 0 Å². The molecule has 0 radical (unpaired) electrons. The number of rotatable bonds is 6. The van der Waals surface area contributed by atoms with Gasteiger partial charge < -0.3 is 10.2 Å². The predicted octanol–water partition coefficient (Wildman–Crippen LogP) is 3.86. The van der Waals surface area contributed by atoms with Crippen molar-refractivity contribution >= 4 is 23.2 Å². The van der Waals surface area contributed by atoms with Gasteiger partial charge in [-0.25, -0.2) is 0 Å². The summed E-state index contributed by atoms with van der Waals surface area (Å²) in [4.78, 5) is 34.0. The molecule has 0 saturated heterocycles. The maximum absolute atomic E-state index is 13.1. The zero-order valence-corrected chi connectivity index (χ0v) is 18.0. The van der Waals surface area contributed by atoms with Crippen LogP contribution in [-0.2, 0) is 11.3 Å². The molecule has 0 bridgehead atoms. The summed E-state index contributed by atoms with van der Waals surface area (Å²) in [6, 6.07) is 18.9. The van der Waals surface area contributed by atoms with Gasteiger partial charge in [0.25, 0.3) is 5.91 Å². The van der Waals surface area contributed by atoms with E-state index in [2.05, 4.69) is 10.3 Å². The molecule has 1 aromatic heterocycles. The van der Waals surface area contributed by atoms with Gasteiger partial charge in [-0.05, 0) is 48.9 Å². The van der Waals surface area contributed by atoms with Crippen LogP contribution in [0.5, 0.6) is 0 Å². The number of carbonyl (C=O) groups excluding carboxylic acids is 2. The van der Waals surface area contributed by atoms with Crippen LogP contribution in [0.15, 0.2) is 66.9 Å². The Balaban J connectivity index is 1.50. The summed E-state index contributed by atoms with van der Waals surface area (Å²) >= 11 is 0. The standard InChI is InChI=1S/C25H26N4O2/c1-17-6-10-20(11-7-17)29-22(24-21(25(29)31)5-4-14-26-24)15-23(30)27-16-18-8-12-19(13-9-18)28(2)3/h4-14,22H,15-16H2,1-3H3,(H,27,30)/t22-/m1/s1. The molecule has 6 nitrogen and oxygen atoms in total. The lowest BCUT2D eigenvalue weighted by Crippen LogP contribution is -2.33. The van der Waals surface area contributed by atoms with Crippen molar-refractivity contribution in [3.63, 3.8) is 0 Å². The average Bonchev–Trinajstić information content (AvgIpc) is 3.05. The first-order valence-electron chi connectivity index (χ1n) is 10.3. The van der Waals surface area contributed by atoms with Crippen molar-refractivity contribution in [1.29, 1.82) is 0 Å². The molecule has 2 amide bonds. The number of aryl methyl sites for hydroxylation is 1. The third-order valence-corrected chi connectivity index (χ3v) is 5.55. The van der Waals surface area contributed by atoms with Crippen LogP contribution in [0.4, 0.5) is 11.4 Å². The Kier molecular flexibility index (Phi) is 5.71. The van der Waals surface area contributed by atoms with E-state index in [9.17, 15) is 9.59 Å². The van der Waals surface area contributed by atoms with Crippen molar-refractivity contribution < 1.29 is 9.59 Å². The Morgan fingerprint density at radius 1 is 1.06 bits per heavy atom. The molecule has 0 fully saturated rings. The molecule has 4 rings (SSSR count). The first-order valence-corrected chi connectivity index (χ1v) is 10.3. The summed E-state index contributed by atoms with van der Waals surface area (Å²) in [5.74, 6) is -0.242. The molecule has 158 valence electrons. The minimum atomic E-state index is -0.428. The molecule has 1 atom stereocenters. The van der Waals surface area contributed by atoms with E-state index in [1.54, 1.807) is 23.2 Å². The van der Waals surface area contributed by atoms with Gasteiger partial charge in [0.05, 0.1) is 23.7 Å². The van der Waals surface area contributed by atoms with Gasteiger partial charge in [0, 0.05) is 38.2 Å². The van der Waals surface area contributed by atoms with Crippen LogP contribution in [0.1, 0.15) is 39.6 Å². The molecular weight excluding hydrogens is 388 g/mol. The smallest absolute Gasteiger partial charge is 0.260 e. The number of hydrogen-bond donors (Lipinski definition) is 1. The zero-order chi connectivity index (χ0) is 22.0. The van der Waals surface area contributed by atoms with Gasteiger partial charge in [-0.3, -0.25) is 19.5 Å². The molecule has 1 aliphatic rings. The van der Waals surface area contributed by atoms with E-state index in [-0.39, 0.29) is 18.2 Å². The Bertz CT molecular complexity index is 1090. The molecule has 2 aromatic carbocycles. The molecular formula is C25H26N4O2. The van der Waals surface area contributed by atoms with Crippen LogP contribution in [0.2, 0.25) is 0 Å². The number of nitrogens with one attached hydrogen (secondary N) is 1. The molecule has 3 aromatic rings. The lowest BCUT2D eigenvalue weighted by molar-refractivity contribution is -0.121. The Labute approximate surface area is 182 Å². The number of carbonyl (C=O) groups is 2. The summed E-state index contributed by atoms with van der Waals surface area (Å²) in [5, 5.41) is 2.98. The van der Waals surface area contributed by atoms with Crippen LogP contribution >= 0.6 is 0 Å². The van der Waals surface area contributed by atoms with Crippen LogP contribution in [0, 0.1) is 6.92 Å². The monoisotopic (exact) mass is 414 g/mol. The number of anilines is 2. The molecule has 0 spiro atoms. The van der Waals surface area contributed by atoms with E-state index in [1.807, 2.05) is 74.4 Å². The Morgan fingerprint density at radius 3 is 2.45 bits per heavy atom. The van der Waals surface area contributed by atoms with E-state index in [1.165, 1.54) is 0 Å². The maximum Gasteiger partial charge on any atom is 0.260 e. The quantitative estimate of drug-likeness (QED) is 0.665. The molecule has 1 N–H and O–H groups in total. The number of benzene rings is 2. The minimum absolute atomic E-state index is 0.120. The molecule has 1 aliphatic heterocycles. The van der Waals surface area contributed by atoms with Crippen molar-refractivity contribution in [3.8, 4) is 0 Å². The lowest BCUT2D eigenvalue weighted by atomic mass is 10.1. The van der Waals surface area contributed by atoms with E-state index in [0.717, 1.165) is 22.5 Å². The Hall–Kier alpha value is -3.67. The number of nitrogens with zero attached hydrogens (tertiary/aromatic N) is 3. The normalized spacial score (nSPS) is 15.0. The molecule has 2 heterocycles. The second-order valence-corrected chi connectivity index (χ2v) is 8.00. The van der Waals surface area contributed by atoms with Gasteiger partial charge >= 0.3 is 0 Å². The van der Waals surface area contributed by atoms with Crippen LogP contribution in [0.3, 0.4) is 0 Å². The molecule has 31 heavy (non-hydrogen) atoms. The summed E-state index contributed by atoms with van der Waals surface area (Å²) in [5.41, 5.74) is 5.22. The van der Waals surface area contributed by atoms with Crippen molar-refractivity contribution in [2.45, 2.75) is 25.9 Å². The third-order valence-electron chi connectivity index (χ3n) is 5.55. The van der Waals surface area contributed by atoms with E-state index in [4.69, 9.17) is 0 Å². The topological polar surface area (TPSA) is 65.5 Å². The highest BCUT2D eigenvalue weighted by molar-refractivity contribution is 6.11. The Morgan fingerprint density at radius 2 is 1.77 bits per heavy atom. The largest absolute Gasteiger partial charge is 0.378 e. The van der Waals surface area contributed by atoms with Gasteiger partial charge in [0.2, 0.25) is 5.91 Å². The van der Waals surface area contributed by atoms with Crippen LogP contribution in [-0.4, -0.2) is 30.9 Å². The van der Waals surface area contributed by atoms with E-state index >= 15 is 0 Å². The van der Waals surface area contributed by atoms with Crippen molar-refractivity contribution in [3.05, 3.63) is 89.2 Å².